The molecule has 1 aromatic rings. The van der Waals surface area contributed by atoms with Crippen molar-refractivity contribution in [2.75, 3.05) is 0 Å². The van der Waals surface area contributed by atoms with Gasteiger partial charge < -0.3 is 5.11 Å². The van der Waals surface area contributed by atoms with Crippen LogP contribution in [0.3, 0.4) is 0 Å². The first-order valence-corrected chi connectivity index (χ1v) is 9.72. The van der Waals surface area contributed by atoms with E-state index < -0.39 is 64.8 Å². The van der Waals surface area contributed by atoms with Gasteiger partial charge in [-0.15, -0.1) is 0 Å². The fourth-order valence-electron chi connectivity index (χ4n) is 3.31. The number of nitrogens with one attached hydrogen (secondary N) is 1. The van der Waals surface area contributed by atoms with E-state index in [4.69, 9.17) is 0 Å². The normalized spacial score (nSPS) is 22.6. The van der Waals surface area contributed by atoms with Crippen LogP contribution in [0, 0.1) is 5.92 Å². The summed E-state index contributed by atoms with van der Waals surface area (Å²) in [6.07, 6.45) is -14.0. The van der Waals surface area contributed by atoms with E-state index in [2.05, 4.69) is 4.72 Å². The molecule has 2 N–H and O–H groups in total. The first-order valence-electron chi connectivity index (χ1n) is 8.17. The largest absolute Gasteiger partial charge is 0.426 e. The van der Waals surface area contributed by atoms with Crippen LogP contribution >= 0.6 is 0 Å². The molecule has 0 radical (unpaired) electrons. The SMILES string of the molecule is O=S(=O)(NCc1ccccc1)C1CCC(C(O)(C(F)(F)F)C(F)(F)F)CC1. The van der Waals surface area contributed by atoms with Crippen LogP contribution in [0.4, 0.5) is 26.3 Å². The number of alkyl halides is 6. The molecule has 1 aliphatic rings. The van der Waals surface area contributed by atoms with Gasteiger partial charge in [-0.05, 0) is 31.2 Å². The highest BCUT2D eigenvalue weighted by Gasteiger charge is 2.73. The van der Waals surface area contributed by atoms with Gasteiger partial charge in [0, 0.05) is 12.5 Å². The van der Waals surface area contributed by atoms with Crippen molar-refractivity contribution in [2.45, 2.75) is 55.4 Å². The fourth-order valence-corrected chi connectivity index (χ4v) is 4.81. The molecule has 154 valence electrons. The highest BCUT2D eigenvalue weighted by Crippen LogP contribution is 2.51. The Kier molecular flexibility index (Phi) is 6.18. The Hall–Kier alpha value is -1.33. The van der Waals surface area contributed by atoms with Crippen molar-refractivity contribution in [3.8, 4) is 0 Å². The molecule has 0 atom stereocenters. The Morgan fingerprint density at radius 3 is 1.85 bits per heavy atom. The van der Waals surface area contributed by atoms with E-state index in [-0.39, 0.29) is 6.54 Å². The maximum absolute atomic E-state index is 12.9. The molecule has 11 heteroatoms. The predicted octanol–water partition coefficient (Wildman–Crippen LogP) is 3.52. The second kappa shape index (κ2) is 7.59. The third-order valence-electron chi connectivity index (χ3n) is 4.89. The summed E-state index contributed by atoms with van der Waals surface area (Å²) in [4.78, 5) is 0. The lowest BCUT2D eigenvalue weighted by atomic mass is 9.75. The molecule has 2 rings (SSSR count). The molecule has 0 amide bonds. The maximum Gasteiger partial charge on any atom is 0.426 e. The zero-order valence-corrected chi connectivity index (χ0v) is 14.8. The van der Waals surface area contributed by atoms with Gasteiger partial charge in [0.05, 0.1) is 5.25 Å². The van der Waals surface area contributed by atoms with Gasteiger partial charge in [0.15, 0.2) is 0 Å². The second-order valence-corrected chi connectivity index (χ2v) is 8.63. The number of halogens is 6. The average molecular weight is 419 g/mol. The van der Waals surface area contributed by atoms with Gasteiger partial charge in [0.2, 0.25) is 10.0 Å². The van der Waals surface area contributed by atoms with Crippen molar-refractivity contribution in [3.63, 3.8) is 0 Å². The van der Waals surface area contributed by atoms with Crippen LogP contribution in [-0.4, -0.2) is 36.7 Å². The second-order valence-electron chi connectivity index (χ2n) is 6.59. The number of sulfonamides is 1. The molecular formula is C16H19F6NO3S. The fraction of sp³-hybridized carbons (Fsp3) is 0.625. The van der Waals surface area contributed by atoms with E-state index >= 15 is 0 Å². The van der Waals surface area contributed by atoms with E-state index in [1.165, 1.54) is 0 Å². The van der Waals surface area contributed by atoms with Gasteiger partial charge in [-0.1, -0.05) is 30.3 Å². The lowest BCUT2D eigenvalue weighted by molar-refractivity contribution is -0.386. The zero-order valence-electron chi connectivity index (χ0n) is 14.0. The average Bonchev–Trinajstić information content (AvgIpc) is 2.58. The van der Waals surface area contributed by atoms with Crippen LogP contribution in [0.15, 0.2) is 30.3 Å². The van der Waals surface area contributed by atoms with Crippen LogP contribution in [0.2, 0.25) is 0 Å². The molecule has 0 aliphatic heterocycles. The summed E-state index contributed by atoms with van der Waals surface area (Å²) >= 11 is 0. The maximum atomic E-state index is 12.9. The minimum Gasteiger partial charge on any atom is -0.373 e. The predicted molar refractivity (Wildman–Crippen MR) is 85.0 cm³/mol. The van der Waals surface area contributed by atoms with Crippen molar-refractivity contribution >= 4 is 10.0 Å². The summed E-state index contributed by atoms with van der Waals surface area (Å²) < 4.78 is 104. The van der Waals surface area contributed by atoms with E-state index in [0.29, 0.717) is 5.56 Å². The van der Waals surface area contributed by atoms with Crippen LogP contribution in [0.5, 0.6) is 0 Å². The van der Waals surface area contributed by atoms with Crippen molar-refractivity contribution in [3.05, 3.63) is 35.9 Å². The standard InChI is InChI=1S/C16H19F6NO3S/c17-15(18,19)14(24,16(20,21)22)12-6-8-13(9-7-12)27(25,26)23-10-11-4-2-1-3-5-11/h1-5,12-13,23-24H,6-10H2. The Morgan fingerprint density at radius 2 is 1.41 bits per heavy atom. The van der Waals surface area contributed by atoms with E-state index in [1.54, 1.807) is 30.3 Å². The van der Waals surface area contributed by atoms with E-state index in [9.17, 15) is 39.9 Å². The van der Waals surface area contributed by atoms with Crippen LogP contribution < -0.4 is 4.72 Å². The Bertz CT molecular complexity index is 711. The number of benzene rings is 1. The minimum absolute atomic E-state index is 0.0296. The lowest BCUT2D eigenvalue weighted by Crippen LogP contribution is -2.62. The molecule has 0 bridgehead atoms. The van der Waals surface area contributed by atoms with Gasteiger partial charge in [0.25, 0.3) is 5.60 Å². The highest BCUT2D eigenvalue weighted by atomic mass is 32.2. The van der Waals surface area contributed by atoms with Crippen LogP contribution in [0.1, 0.15) is 31.2 Å². The van der Waals surface area contributed by atoms with Crippen molar-refractivity contribution in [2.24, 2.45) is 5.92 Å². The molecule has 0 aromatic heterocycles. The van der Waals surface area contributed by atoms with Gasteiger partial charge in [0.1, 0.15) is 0 Å². The summed E-state index contributed by atoms with van der Waals surface area (Å²) in [7, 11) is -3.92. The lowest BCUT2D eigenvalue weighted by Gasteiger charge is -2.41. The molecule has 1 aliphatic carbocycles. The molecular weight excluding hydrogens is 400 g/mol. The van der Waals surface area contributed by atoms with Crippen molar-refractivity contribution in [1.82, 2.24) is 4.72 Å². The Balaban J connectivity index is 2.05. The summed E-state index contributed by atoms with van der Waals surface area (Å²) in [5, 5.41) is 8.33. The topological polar surface area (TPSA) is 66.4 Å². The third kappa shape index (κ3) is 4.57. The number of hydrogen-bond acceptors (Lipinski definition) is 3. The van der Waals surface area contributed by atoms with E-state index in [1.807, 2.05) is 0 Å². The van der Waals surface area contributed by atoms with Gasteiger partial charge >= 0.3 is 12.4 Å². The summed E-state index contributed by atoms with van der Waals surface area (Å²) in [5.74, 6) is -2.14. The summed E-state index contributed by atoms with van der Waals surface area (Å²) in [6.45, 7) is -0.0296. The number of hydrogen-bond donors (Lipinski definition) is 2. The van der Waals surface area contributed by atoms with E-state index in [0.717, 1.165) is 0 Å². The molecule has 0 spiro atoms. The van der Waals surface area contributed by atoms with Crippen LogP contribution in [0.25, 0.3) is 0 Å². The monoisotopic (exact) mass is 419 g/mol. The smallest absolute Gasteiger partial charge is 0.373 e. The Morgan fingerprint density at radius 1 is 0.926 bits per heavy atom. The number of rotatable bonds is 5. The molecule has 0 unspecified atom stereocenters. The number of aliphatic hydroxyl groups is 1. The van der Waals surface area contributed by atoms with Gasteiger partial charge in [-0.3, -0.25) is 0 Å². The van der Waals surface area contributed by atoms with Crippen molar-refractivity contribution < 1.29 is 39.9 Å². The molecule has 4 nitrogen and oxygen atoms in total. The summed E-state index contributed by atoms with van der Waals surface area (Å²) in [5.41, 5.74) is -4.18. The molecule has 27 heavy (non-hydrogen) atoms. The summed E-state index contributed by atoms with van der Waals surface area (Å²) in [6, 6.07) is 8.48. The van der Waals surface area contributed by atoms with Crippen molar-refractivity contribution in [1.29, 1.82) is 0 Å². The van der Waals surface area contributed by atoms with Crippen LogP contribution in [-0.2, 0) is 16.6 Å². The zero-order chi connectivity index (χ0) is 20.5. The Labute approximate surface area is 152 Å². The van der Waals surface area contributed by atoms with Gasteiger partial charge in [-0.25, -0.2) is 13.1 Å². The third-order valence-corrected chi connectivity index (χ3v) is 6.78. The minimum atomic E-state index is -5.90. The first-order chi connectivity index (χ1) is 12.3. The van der Waals surface area contributed by atoms with Gasteiger partial charge in [-0.2, -0.15) is 26.3 Å². The molecule has 0 saturated heterocycles. The quantitative estimate of drug-likeness (QED) is 0.718. The first kappa shape index (κ1) is 22.0. The molecule has 1 aromatic carbocycles. The molecule has 1 fully saturated rings. The molecule has 1 saturated carbocycles. The molecule has 0 heterocycles. The highest BCUT2D eigenvalue weighted by molar-refractivity contribution is 7.90.